The van der Waals surface area contributed by atoms with Crippen molar-refractivity contribution in [3.63, 3.8) is 0 Å². The number of aromatic nitrogens is 2. The predicted molar refractivity (Wildman–Crippen MR) is 84.8 cm³/mol. The Balaban J connectivity index is 1.63. The summed E-state index contributed by atoms with van der Waals surface area (Å²) in [6, 6.07) is 12.6. The molecule has 0 aliphatic carbocycles. The van der Waals surface area contributed by atoms with E-state index in [4.69, 9.17) is 0 Å². The number of hydrogen-bond donors (Lipinski definition) is 2. The number of halogens is 3. The lowest BCUT2D eigenvalue weighted by molar-refractivity contribution is -0.355. The average Bonchev–Trinajstić information content (AvgIpc) is 3.21. The third-order valence-corrected chi connectivity index (χ3v) is 4.17. The van der Waals surface area contributed by atoms with E-state index in [-0.39, 0.29) is 5.71 Å². The summed E-state index contributed by atoms with van der Waals surface area (Å²) < 4.78 is 38.3. The number of aliphatic hydroxyl groups is 1. The van der Waals surface area contributed by atoms with Gasteiger partial charge in [-0.15, -0.1) is 0 Å². The normalized spacial score (nSPS) is 20.6. The third-order valence-electron chi connectivity index (χ3n) is 4.17. The van der Waals surface area contributed by atoms with E-state index in [0.717, 1.165) is 22.0 Å². The maximum atomic E-state index is 12.8. The summed E-state index contributed by atoms with van der Waals surface area (Å²) in [6.07, 6.45) is -3.93. The van der Waals surface area contributed by atoms with Gasteiger partial charge in [-0.2, -0.15) is 18.3 Å². The van der Waals surface area contributed by atoms with E-state index < -0.39 is 18.4 Å². The van der Waals surface area contributed by atoms with Gasteiger partial charge in [-0.25, -0.2) is 0 Å². The number of fused-ring (bicyclic) bond motifs is 1. The standard InChI is InChI=1S/C17H12F3N3O2/c18-17(19,20)16(24)8-15(23-25-16)11-6-4-10(5-7-11)12-2-1-3-14-13(12)9-21-22-14/h1-7,9,24H,8H2,(H,21,22). The molecule has 4 rings (SSSR count). The highest BCUT2D eigenvalue weighted by Gasteiger charge is 2.60. The average molecular weight is 347 g/mol. The highest BCUT2D eigenvalue weighted by molar-refractivity contribution is 6.02. The van der Waals surface area contributed by atoms with Gasteiger partial charge in [0.25, 0.3) is 0 Å². The first-order chi connectivity index (χ1) is 11.9. The summed E-state index contributed by atoms with van der Waals surface area (Å²) in [6.45, 7) is 0. The summed E-state index contributed by atoms with van der Waals surface area (Å²) in [5, 5.41) is 20.8. The molecular weight excluding hydrogens is 335 g/mol. The lowest BCUT2D eigenvalue weighted by Crippen LogP contribution is -2.45. The number of H-pyrrole nitrogens is 1. The topological polar surface area (TPSA) is 70.5 Å². The lowest BCUT2D eigenvalue weighted by Gasteiger charge is -2.22. The summed E-state index contributed by atoms with van der Waals surface area (Å²) in [5.41, 5.74) is 3.25. The molecular formula is C17H12F3N3O2. The van der Waals surface area contributed by atoms with Crippen LogP contribution in [0.2, 0.25) is 0 Å². The zero-order chi connectivity index (χ0) is 17.7. The van der Waals surface area contributed by atoms with Gasteiger partial charge in [-0.05, 0) is 22.8 Å². The SMILES string of the molecule is OC1(C(F)(F)F)CC(c2ccc(-c3cccc4[nH]ncc34)cc2)=NO1. The van der Waals surface area contributed by atoms with Gasteiger partial charge in [0.2, 0.25) is 0 Å². The smallest absolute Gasteiger partial charge is 0.350 e. The largest absolute Gasteiger partial charge is 0.458 e. The Labute approximate surface area is 139 Å². The Kier molecular flexibility index (Phi) is 3.33. The second-order valence-electron chi connectivity index (χ2n) is 5.80. The molecule has 0 spiro atoms. The van der Waals surface area contributed by atoms with E-state index in [1.54, 1.807) is 30.5 Å². The first-order valence-corrected chi connectivity index (χ1v) is 7.44. The molecule has 0 saturated heterocycles. The van der Waals surface area contributed by atoms with Crippen LogP contribution in [0.5, 0.6) is 0 Å². The predicted octanol–water partition coefficient (Wildman–Crippen LogP) is 3.61. The molecule has 0 amide bonds. The number of aromatic amines is 1. The van der Waals surface area contributed by atoms with Gasteiger partial charge >= 0.3 is 12.0 Å². The number of hydrogen-bond acceptors (Lipinski definition) is 4. The number of nitrogens with zero attached hydrogens (tertiary/aromatic N) is 2. The van der Waals surface area contributed by atoms with Gasteiger partial charge in [0.1, 0.15) is 0 Å². The van der Waals surface area contributed by atoms with E-state index in [2.05, 4.69) is 20.2 Å². The molecule has 1 aliphatic heterocycles. The molecule has 1 unspecified atom stereocenters. The van der Waals surface area contributed by atoms with E-state index in [1.165, 1.54) is 0 Å². The van der Waals surface area contributed by atoms with Crippen LogP contribution in [-0.2, 0) is 4.84 Å². The number of rotatable bonds is 2. The molecule has 2 aromatic carbocycles. The van der Waals surface area contributed by atoms with Crippen molar-refractivity contribution in [2.24, 2.45) is 5.16 Å². The molecule has 8 heteroatoms. The third kappa shape index (κ3) is 2.54. The minimum atomic E-state index is -4.91. The highest BCUT2D eigenvalue weighted by atomic mass is 19.4. The fourth-order valence-corrected chi connectivity index (χ4v) is 2.79. The van der Waals surface area contributed by atoms with Crippen molar-refractivity contribution in [1.82, 2.24) is 10.2 Å². The zero-order valence-corrected chi connectivity index (χ0v) is 12.7. The molecule has 0 fully saturated rings. The molecule has 2 heterocycles. The van der Waals surface area contributed by atoms with Gasteiger partial charge in [0.05, 0.1) is 23.8 Å². The summed E-state index contributed by atoms with van der Waals surface area (Å²) in [4.78, 5) is 4.24. The molecule has 128 valence electrons. The molecule has 1 aromatic heterocycles. The van der Waals surface area contributed by atoms with Crippen LogP contribution in [0.25, 0.3) is 22.0 Å². The van der Waals surface area contributed by atoms with Gasteiger partial charge in [-0.1, -0.05) is 41.6 Å². The quantitative estimate of drug-likeness (QED) is 0.744. The number of nitrogens with one attached hydrogen (secondary N) is 1. The van der Waals surface area contributed by atoms with Crippen LogP contribution in [0.1, 0.15) is 12.0 Å². The van der Waals surface area contributed by atoms with Crippen LogP contribution in [-0.4, -0.2) is 33.0 Å². The van der Waals surface area contributed by atoms with Gasteiger partial charge < -0.3 is 9.94 Å². The molecule has 0 radical (unpaired) electrons. The van der Waals surface area contributed by atoms with Gasteiger partial charge in [-0.3, -0.25) is 5.10 Å². The molecule has 3 aromatic rings. The van der Waals surface area contributed by atoms with Crippen LogP contribution >= 0.6 is 0 Å². The van der Waals surface area contributed by atoms with Crippen molar-refractivity contribution in [3.8, 4) is 11.1 Å². The first-order valence-electron chi connectivity index (χ1n) is 7.44. The molecule has 0 saturated carbocycles. The minimum absolute atomic E-state index is 0.0490. The highest BCUT2D eigenvalue weighted by Crippen LogP contribution is 2.39. The Bertz CT molecular complexity index is 963. The van der Waals surface area contributed by atoms with Gasteiger partial charge in [0, 0.05) is 5.39 Å². The van der Waals surface area contributed by atoms with Crippen molar-refractivity contribution in [2.75, 3.05) is 0 Å². The monoisotopic (exact) mass is 347 g/mol. The van der Waals surface area contributed by atoms with Crippen LogP contribution in [0, 0.1) is 0 Å². The summed E-state index contributed by atoms with van der Waals surface area (Å²) in [5.74, 6) is -3.26. The van der Waals surface area contributed by atoms with E-state index in [9.17, 15) is 18.3 Å². The molecule has 25 heavy (non-hydrogen) atoms. The Morgan fingerprint density at radius 3 is 2.48 bits per heavy atom. The van der Waals surface area contributed by atoms with E-state index in [1.807, 2.05) is 18.2 Å². The maximum absolute atomic E-state index is 12.8. The second-order valence-corrected chi connectivity index (χ2v) is 5.80. The maximum Gasteiger partial charge on any atom is 0.458 e. The van der Waals surface area contributed by atoms with E-state index >= 15 is 0 Å². The van der Waals surface area contributed by atoms with Crippen molar-refractivity contribution in [3.05, 3.63) is 54.2 Å². The van der Waals surface area contributed by atoms with Crippen molar-refractivity contribution >= 4 is 16.6 Å². The Hall–Kier alpha value is -2.87. The second kappa shape index (κ2) is 5.32. The summed E-state index contributed by atoms with van der Waals surface area (Å²) >= 11 is 0. The van der Waals surface area contributed by atoms with E-state index in [0.29, 0.717) is 5.56 Å². The van der Waals surface area contributed by atoms with Crippen LogP contribution in [0.15, 0.2) is 53.8 Å². The van der Waals surface area contributed by atoms with Crippen molar-refractivity contribution < 1.29 is 23.1 Å². The van der Waals surface area contributed by atoms with Gasteiger partial charge in [0.15, 0.2) is 0 Å². The number of alkyl halides is 3. The van der Waals surface area contributed by atoms with Crippen LogP contribution in [0.3, 0.4) is 0 Å². The van der Waals surface area contributed by atoms with Crippen LogP contribution in [0.4, 0.5) is 13.2 Å². The van der Waals surface area contributed by atoms with Crippen molar-refractivity contribution in [2.45, 2.75) is 18.4 Å². The van der Waals surface area contributed by atoms with Crippen molar-refractivity contribution in [1.29, 1.82) is 0 Å². The molecule has 1 atom stereocenters. The molecule has 1 aliphatic rings. The molecule has 0 bridgehead atoms. The fourth-order valence-electron chi connectivity index (χ4n) is 2.79. The fraction of sp³-hybridized carbons (Fsp3) is 0.176. The Morgan fingerprint density at radius 1 is 1.08 bits per heavy atom. The zero-order valence-electron chi connectivity index (χ0n) is 12.7. The summed E-state index contributed by atoms with van der Waals surface area (Å²) in [7, 11) is 0. The first kappa shape index (κ1) is 15.6. The molecule has 2 N–H and O–H groups in total. The van der Waals surface area contributed by atoms with Crippen LogP contribution < -0.4 is 0 Å². The lowest BCUT2D eigenvalue weighted by atomic mass is 9.97. The minimum Gasteiger partial charge on any atom is -0.350 e. The number of benzene rings is 2. The Morgan fingerprint density at radius 2 is 1.80 bits per heavy atom. The molecule has 5 nitrogen and oxygen atoms in total. The number of oxime groups is 1.